The molecule has 2 saturated heterocycles. The second kappa shape index (κ2) is 19.5. The third kappa shape index (κ3) is 12.2. The van der Waals surface area contributed by atoms with Gasteiger partial charge >= 0.3 is 0 Å². The van der Waals surface area contributed by atoms with Gasteiger partial charge in [0.05, 0.1) is 12.1 Å². The Labute approximate surface area is 287 Å². The molecule has 0 saturated carbocycles. The smallest absolute Gasteiger partial charge is 0.249 e. The van der Waals surface area contributed by atoms with Gasteiger partial charge in [-0.05, 0) is 70.8 Å². The number of piperidine rings is 1. The van der Waals surface area contributed by atoms with Crippen molar-refractivity contribution in [1.82, 2.24) is 25.3 Å². The van der Waals surface area contributed by atoms with E-state index in [0.717, 1.165) is 45.1 Å². The first-order valence-electron chi connectivity index (χ1n) is 18.7. The van der Waals surface area contributed by atoms with Gasteiger partial charge in [0, 0.05) is 31.8 Å². The average Bonchev–Trinajstić information content (AvgIpc) is 3.52. The van der Waals surface area contributed by atoms with Crippen LogP contribution in [0.4, 0.5) is 0 Å². The minimum atomic E-state index is -0.718. The third-order valence-electron chi connectivity index (χ3n) is 10.0. The lowest BCUT2D eigenvalue weighted by atomic mass is 9.84. The van der Waals surface area contributed by atoms with Crippen LogP contribution in [0.5, 0.6) is 0 Å². The highest BCUT2D eigenvalue weighted by atomic mass is 16.2. The molecule has 270 valence electrons. The number of likely N-dealkylation sites (N-methyl/N-ethyl adjacent to an activating group) is 1. The Morgan fingerprint density at radius 1 is 0.851 bits per heavy atom. The number of carbonyl (C=O) groups is 4. The Hall–Kier alpha value is -2.42. The van der Waals surface area contributed by atoms with E-state index in [1.807, 2.05) is 40.7 Å². The Balaban J connectivity index is 2.10. The third-order valence-corrected chi connectivity index (χ3v) is 10.0. The Bertz CT molecular complexity index is 1050. The molecule has 0 aromatic carbocycles. The van der Waals surface area contributed by atoms with Gasteiger partial charge in [0.1, 0.15) is 12.1 Å². The highest BCUT2D eigenvalue weighted by Gasteiger charge is 2.40. The van der Waals surface area contributed by atoms with Gasteiger partial charge in [0.15, 0.2) is 0 Å². The van der Waals surface area contributed by atoms with E-state index >= 15 is 0 Å². The summed E-state index contributed by atoms with van der Waals surface area (Å²) in [5.41, 5.74) is 0.0147. The molecule has 2 rings (SSSR count). The number of hydrogen-bond donors (Lipinski definition) is 2. The van der Waals surface area contributed by atoms with Gasteiger partial charge < -0.3 is 20.4 Å². The summed E-state index contributed by atoms with van der Waals surface area (Å²) < 4.78 is 0. The summed E-state index contributed by atoms with van der Waals surface area (Å²) in [6, 6.07) is -1.53. The zero-order valence-corrected chi connectivity index (χ0v) is 31.6. The van der Waals surface area contributed by atoms with Gasteiger partial charge in [-0.1, -0.05) is 92.6 Å². The predicted molar refractivity (Wildman–Crippen MR) is 192 cm³/mol. The summed E-state index contributed by atoms with van der Waals surface area (Å²) in [4.78, 5) is 60.2. The van der Waals surface area contributed by atoms with Crippen molar-refractivity contribution in [2.45, 2.75) is 170 Å². The fourth-order valence-corrected chi connectivity index (χ4v) is 7.09. The molecule has 4 atom stereocenters. The maximum Gasteiger partial charge on any atom is 0.249 e. The van der Waals surface area contributed by atoms with E-state index in [1.54, 1.807) is 23.8 Å². The SMILES string of the molecule is CCCCCCCCCNC(=O)[C@@H]1CCCN1C(=O)/C(C)=C/C(C(C)C)N(C)C(=O)[C@@H](NC(=O)[C@H]1CCCCN1C(C)C)C(C)(C)C. The quantitative estimate of drug-likeness (QED) is 0.146. The van der Waals surface area contributed by atoms with Gasteiger partial charge in [-0.3, -0.25) is 24.1 Å². The second-order valence-corrected chi connectivity index (χ2v) is 15.8. The maximum absolute atomic E-state index is 14.2. The van der Waals surface area contributed by atoms with Crippen LogP contribution < -0.4 is 10.6 Å². The number of carbonyl (C=O) groups excluding carboxylic acids is 4. The minimum absolute atomic E-state index is 0.0254. The predicted octanol–water partition coefficient (Wildman–Crippen LogP) is 6.07. The molecule has 2 aliphatic heterocycles. The van der Waals surface area contributed by atoms with E-state index in [-0.39, 0.29) is 47.7 Å². The van der Waals surface area contributed by atoms with E-state index in [0.29, 0.717) is 25.1 Å². The molecule has 2 fully saturated rings. The first-order chi connectivity index (χ1) is 22.1. The number of amides is 4. The number of nitrogens with zero attached hydrogens (tertiary/aromatic N) is 3. The van der Waals surface area contributed by atoms with Crippen LogP contribution >= 0.6 is 0 Å². The minimum Gasteiger partial charge on any atom is -0.354 e. The first-order valence-corrected chi connectivity index (χ1v) is 18.7. The topological polar surface area (TPSA) is 102 Å². The molecule has 9 heteroatoms. The summed E-state index contributed by atoms with van der Waals surface area (Å²) in [6.07, 6.45) is 14.5. The molecule has 1 unspecified atom stereocenters. The fourth-order valence-electron chi connectivity index (χ4n) is 7.09. The number of hydrogen-bond acceptors (Lipinski definition) is 5. The van der Waals surface area contributed by atoms with Crippen molar-refractivity contribution in [1.29, 1.82) is 0 Å². The largest absolute Gasteiger partial charge is 0.354 e. The average molecular weight is 660 g/mol. The molecule has 0 aromatic heterocycles. The van der Waals surface area contributed by atoms with Crippen molar-refractivity contribution in [2.75, 3.05) is 26.7 Å². The molecule has 47 heavy (non-hydrogen) atoms. The van der Waals surface area contributed by atoms with Gasteiger partial charge in [-0.15, -0.1) is 0 Å². The van der Waals surface area contributed by atoms with Gasteiger partial charge in [0.25, 0.3) is 0 Å². The standard InChI is InChI=1S/C38H69N5O4/c1-11-12-13-14-15-16-18-23-39-34(44)30-22-20-25-43(30)36(46)29(6)26-32(27(2)3)41(10)37(47)33(38(7,8)9)40-35(45)31-21-17-19-24-42(31)28(4)5/h26-28,30-33H,11-25H2,1-10H3,(H,39,44)(H,40,45)/b29-26+/t30-,31+,32?,33+/m0/s1. The molecule has 9 nitrogen and oxygen atoms in total. The van der Waals surface area contributed by atoms with Crippen LogP contribution in [0.3, 0.4) is 0 Å². The van der Waals surface area contributed by atoms with E-state index in [1.165, 1.54) is 32.1 Å². The second-order valence-electron chi connectivity index (χ2n) is 15.8. The zero-order valence-electron chi connectivity index (χ0n) is 31.6. The van der Waals surface area contributed by atoms with Crippen LogP contribution in [0.2, 0.25) is 0 Å². The highest BCUT2D eigenvalue weighted by Crippen LogP contribution is 2.27. The number of nitrogens with one attached hydrogen (secondary N) is 2. The first kappa shape index (κ1) is 40.8. The van der Waals surface area contributed by atoms with Crippen molar-refractivity contribution in [3.8, 4) is 0 Å². The van der Waals surface area contributed by atoms with Crippen LogP contribution in [-0.2, 0) is 19.2 Å². The molecule has 0 aliphatic carbocycles. The van der Waals surface area contributed by atoms with E-state index < -0.39 is 17.5 Å². The maximum atomic E-state index is 14.2. The summed E-state index contributed by atoms with van der Waals surface area (Å²) in [7, 11) is 1.77. The lowest BCUT2D eigenvalue weighted by molar-refractivity contribution is -0.142. The summed E-state index contributed by atoms with van der Waals surface area (Å²) in [5.74, 6) is -0.459. The Morgan fingerprint density at radius 2 is 1.47 bits per heavy atom. The molecular weight excluding hydrogens is 590 g/mol. The van der Waals surface area contributed by atoms with Gasteiger partial charge in [-0.25, -0.2) is 0 Å². The zero-order chi connectivity index (χ0) is 35.3. The van der Waals surface area contributed by atoms with Crippen molar-refractivity contribution in [3.05, 3.63) is 11.6 Å². The van der Waals surface area contributed by atoms with Crippen LogP contribution in [0.15, 0.2) is 11.6 Å². The molecular formula is C38H69N5O4. The number of likely N-dealkylation sites (tertiary alicyclic amines) is 2. The lowest BCUT2D eigenvalue weighted by Gasteiger charge is -2.41. The van der Waals surface area contributed by atoms with Crippen molar-refractivity contribution < 1.29 is 19.2 Å². The van der Waals surface area contributed by atoms with Crippen LogP contribution in [0, 0.1) is 11.3 Å². The van der Waals surface area contributed by atoms with Crippen LogP contribution in [-0.4, -0.2) is 95.2 Å². The molecule has 2 heterocycles. The van der Waals surface area contributed by atoms with Crippen LogP contribution in [0.25, 0.3) is 0 Å². The summed E-state index contributed by atoms with van der Waals surface area (Å²) in [5, 5.41) is 6.22. The van der Waals surface area contributed by atoms with Crippen LogP contribution in [0.1, 0.15) is 139 Å². The van der Waals surface area contributed by atoms with Crippen molar-refractivity contribution >= 4 is 23.6 Å². The Kier molecular flexibility index (Phi) is 16.9. The van der Waals surface area contributed by atoms with Crippen molar-refractivity contribution in [2.24, 2.45) is 11.3 Å². The monoisotopic (exact) mass is 660 g/mol. The van der Waals surface area contributed by atoms with Gasteiger partial charge in [0.2, 0.25) is 23.6 Å². The molecule has 0 spiro atoms. The molecule has 0 radical (unpaired) electrons. The highest BCUT2D eigenvalue weighted by molar-refractivity contribution is 5.97. The molecule has 0 aromatic rings. The molecule has 0 bridgehead atoms. The number of rotatable bonds is 17. The number of unbranched alkanes of at least 4 members (excludes halogenated alkanes) is 6. The molecule has 2 aliphatic rings. The summed E-state index contributed by atoms with van der Waals surface area (Å²) >= 11 is 0. The van der Waals surface area contributed by atoms with E-state index in [9.17, 15) is 19.2 Å². The van der Waals surface area contributed by atoms with Crippen molar-refractivity contribution in [3.63, 3.8) is 0 Å². The fraction of sp³-hybridized carbons (Fsp3) is 0.842. The molecule has 4 amide bonds. The van der Waals surface area contributed by atoms with E-state index in [4.69, 9.17) is 0 Å². The van der Waals surface area contributed by atoms with Gasteiger partial charge in [-0.2, -0.15) is 0 Å². The van der Waals surface area contributed by atoms with E-state index in [2.05, 4.69) is 36.3 Å². The summed E-state index contributed by atoms with van der Waals surface area (Å²) in [6.45, 7) is 20.3. The normalized spacial score (nSPS) is 20.8. The lowest BCUT2D eigenvalue weighted by Crippen LogP contribution is -2.60. The Morgan fingerprint density at radius 3 is 2.06 bits per heavy atom. The molecule has 2 N–H and O–H groups in total.